The van der Waals surface area contributed by atoms with E-state index in [9.17, 15) is 18.0 Å². The molecule has 1 N–H and O–H groups in total. The maximum absolute atomic E-state index is 13.1. The molecule has 150 valence electrons. The van der Waals surface area contributed by atoms with Crippen LogP contribution >= 0.6 is 11.8 Å². The molecule has 1 heterocycles. The maximum atomic E-state index is 13.1. The van der Waals surface area contributed by atoms with Crippen molar-refractivity contribution in [1.82, 2.24) is 14.8 Å². The topological polar surface area (TPSA) is 59.8 Å². The van der Waals surface area contributed by atoms with Gasteiger partial charge in [0.2, 0.25) is 5.91 Å². The highest BCUT2D eigenvalue weighted by atomic mass is 32.2. The van der Waals surface area contributed by atoms with E-state index < -0.39 is 17.6 Å². The van der Waals surface area contributed by atoms with Crippen molar-refractivity contribution in [2.45, 2.75) is 17.9 Å². The van der Waals surface area contributed by atoms with Crippen LogP contribution in [0.5, 0.6) is 0 Å². The molecule has 0 saturated heterocycles. The number of hydrogen-bond donors (Lipinski definition) is 1. The quantitative estimate of drug-likeness (QED) is 0.439. The minimum absolute atomic E-state index is 0.115. The summed E-state index contributed by atoms with van der Waals surface area (Å²) in [7, 11) is 0. The lowest BCUT2D eigenvalue weighted by Crippen LogP contribution is -2.18. The van der Waals surface area contributed by atoms with Gasteiger partial charge < -0.3 is 5.32 Å². The van der Waals surface area contributed by atoms with Crippen LogP contribution in [0.4, 0.5) is 18.9 Å². The average Bonchev–Trinajstić information content (AvgIpc) is 3.10. The monoisotopic (exact) mass is 418 g/mol. The van der Waals surface area contributed by atoms with E-state index in [2.05, 4.69) is 22.1 Å². The van der Waals surface area contributed by atoms with Crippen molar-refractivity contribution in [2.75, 3.05) is 11.1 Å². The van der Waals surface area contributed by atoms with Gasteiger partial charge in [-0.15, -0.1) is 16.8 Å². The van der Waals surface area contributed by atoms with Crippen LogP contribution in [0.1, 0.15) is 5.56 Å². The van der Waals surface area contributed by atoms with Gasteiger partial charge in [0.25, 0.3) is 0 Å². The van der Waals surface area contributed by atoms with Crippen molar-refractivity contribution >= 4 is 23.4 Å². The van der Waals surface area contributed by atoms with E-state index >= 15 is 0 Å². The van der Waals surface area contributed by atoms with Crippen LogP contribution in [0.25, 0.3) is 11.4 Å². The number of benzene rings is 2. The molecule has 0 fully saturated rings. The van der Waals surface area contributed by atoms with E-state index in [1.165, 1.54) is 18.2 Å². The molecule has 0 unspecified atom stereocenters. The fourth-order valence-corrected chi connectivity index (χ4v) is 3.39. The number of nitrogens with zero attached hydrogens (tertiary/aromatic N) is 3. The van der Waals surface area contributed by atoms with Crippen LogP contribution in [0.3, 0.4) is 0 Å². The molecule has 0 spiro atoms. The standard InChI is InChI=1S/C20H17F3N4OS/c1-2-12-27-18(14-8-4-3-5-9-14)25-26-19(27)29-13-17(28)24-16-11-7-6-10-15(16)20(21,22)23/h2-11H,1,12-13H2,(H,24,28). The van der Waals surface area contributed by atoms with Gasteiger partial charge in [0.05, 0.1) is 17.0 Å². The van der Waals surface area contributed by atoms with Crippen molar-refractivity contribution in [1.29, 1.82) is 0 Å². The predicted molar refractivity (Wildman–Crippen MR) is 106 cm³/mol. The summed E-state index contributed by atoms with van der Waals surface area (Å²) in [5.74, 6) is -0.0621. The number of thioether (sulfide) groups is 1. The van der Waals surface area contributed by atoms with Crippen LogP contribution in [0, 0.1) is 0 Å². The Bertz CT molecular complexity index is 1000. The molecule has 9 heteroatoms. The molecule has 0 saturated carbocycles. The first-order valence-electron chi connectivity index (χ1n) is 8.58. The number of para-hydroxylation sites is 1. The highest BCUT2D eigenvalue weighted by Gasteiger charge is 2.33. The van der Waals surface area contributed by atoms with E-state index in [1.807, 2.05) is 30.3 Å². The first-order valence-corrected chi connectivity index (χ1v) is 9.57. The number of rotatable bonds is 7. The van der Waals surface area contributed by atoms with Crippen LogP contribution in [-0.2, 0) is 17.5 Å². The third kappa shape index (κ3) is 5.05. The van der Waals surface area contributed by atoms with Gasteiger partial charge in [0, 0.05) is 12.1 Å². The van der Waals surface area contributed by atoms with Gasteiger partial charge in [-0.05, 0) is 12.1 Å². The molecule has 29 heavy (non-hydrogen) atoms. The summed E-state index contributed by atoms with van der Waals surface area (Å²) in [5.41, 5.74) is -0.306. The van der Waals surface area contributed by atoms with Crippen LogP contribution in [0.2, 0.25) is 0 Å². The lowest BCUT2D eigenvalue weighted by molar-refractivity contribution is -0.137. The van der Waals surface area contributed by atoms with Crippen LogP contribution in [0.15, 0.2) is 72.4 Å². The largest absolute Gasteiger partial charge is 0.418 e. The molecule has 0 bridgehead atoms. The summed E-state index contributed by atoms with van der Waals surface area (Å²) in [6.07, 6.45) is -2.87. The summed E-state index contributed by atoms with van der Waals surface area (Å²) in [6, 6.07) is 14.3. The van der Waals surface area contributed by atoms with Crippen molar-refractivity contribution in [2.24, 2.45) is 0 Å². The fraction of sp³-hybridized carbons (Fsp3) is 0.150. The Labute approximate surface area is 169 Å². The Morgan fingerprint density at radius 2 is 1.79 bits per heavy atom. The number of hydrogen-bond acceptors (Lipinski definition) is 4. The maximum Gasteiger partial charge on any atom is 0.418 e. The zero-order chi connectivity index (χ0) is 20.9. The molecule has 0 radical (unpaired) electrons. The molecule has 0 aliphatic heterocycles. The fourth-order valence-electron chi connectivity index (χ4n) is 2.65. The van der Waals surface area contributed by atoms with Crippen LogP contribution in [-0.4, -0.2) is 26.4 Å². The lowest BCUT2D eigenvalue weighted by atomic mass is 10.1. The molecule has 3 rings (SSSR count). The van der Waals surface area contributed by atoms with Gasteiger partial charge in [0.15, 0.2) is 11.0 Å². The third-order valence-electron chi connectivity index (χ3n) is 3.90. The van der Waals surface area contributed by atoms with E-state index in [0.29, 0.717) is 17.5 Å². The van der Waals surface area contributed by atoms with Crippen LogP contribution < -0.4 is 5.32 Å². The Kier molecular flexibility index (Phi) is 6.38. The number of anilines is 1. The normalized spacial score (nSPS) is 11.3. The zero-order valence-corrected chi connectivity index (χ0v) is 16.0. The van der Waals surface area contributed by atoms with Crippen molar-refractivity contribution in [3.05, 3.63) is 72.8 Å². The molecular formula is C20H17F3N4OS. The minimum atomic E-state index is -4.55. The second-order valence-electron chi connectivity index (χ2n) is 5.95. The van der Waals surface area contributed by atoms with Gasteiger partial charge in [-0.1, -0.05) is 60.3 Å². The number of amides is 1. The number of nitrogens with one attached hydrogen (secondary N) is 1. The second kappa shape index (κ2) is 8.95. The van der Waals surface area contributed by atoms with Gasteiger partial charge in [0.1, 0.15) is 0 Å². The lowest BCUT2D eigenvalue weighted by Gasteiger charge is -2.13. The van der Waals surface area contributed by atoms with E-state index in [-0.39, 0.29) is 11.4 Å². The number of alkyl halides is 3. The molecule has 0 atom stereocenters. The summed E-state index contributed by atoms with van der Waals surface area (Å²) >= 11 is 1.09. The zero-order valence-electron chi connectivity index (χ0n) is 15.2. The molecule has 1 amide bonds. The molecule has 0 aliphatic rings. The summed E-state index contributed by atoms with van der Waals surface area (Å²) in [6.45, 7) is 4.15. The van der Waals surface area contributed by atoms with Gasteiger partial charge in [-0.25, -0.2) is 0 Å². The second-order valence-corrected chi connectivity index (χ2v) is 6.89. The molecule has 2 aromatic carbocycles. The van der Waals surface area contributed by atoms with Gasteiger partial charge in [-0.3, -0.25) is 9.36 Å². The highest BCUT2D eigenvalue weighted by Crippen LogP contribution is 2.34. The smallest absolute Gasteiger partial charge is 0.325 e. The Morgan fingerprint density at radius 3 is 2.48 bits per heavy atom. The number of carbonyl (C=O) groups is 1. The highest BCUT2D eigenvalue weighted by molar-refractivity contribution is 7.99. The van der Waals surface area contributed by atoms with Crippen molar-refractivity contribution in [3.8, 4) is 11.4 Å². The molecule has 0 aliphatic carbocycles. The summed E-state index contributed by atoms with van der Waals surface area (Å²) in [4.78, 5) is 12.2. The Hall–Kier alpha value is -3.07. The summed E-state index contributed by atoms with van der Waals surface area (Å²) in [5, 5.41) is 11.1. The van der Waals surface area contributed by atoms with Crippen molar-refractivity contribution < 1.29 is 18.0 Å². The minimum Gasteiger partial charge on any atom is -0.325 e. The first kappa shape index (κ1) is 20.7. The van der Waals surface area contributed by atoms with Gasteiger partial charge >= 0.3 is 6.18 Å². The van der Waals surface area contributed by atoms with E-state index in [0.717, 1.165) is 23.4 Å². The number of aromatic nitrogens is 3. The van der Waals surface area contributed by atoms with Crippen molar-refractivity contribution in [3.63, 3.8) is 0 Å². The van der Waals surface area contributed by atoms with Gasteiger partial charge in [-0.2, -0.15) is 13.2 Å². The third-order valence-corrected chi connectivity index (χ3v) is 4.87. The predicted octanol–water partition coefficient (Wildman–Crippen LogP) is 4.88. The molecule has 3 aromatic rings. The first-order chi connectivity index (χ1) is 13.9. The Balaban J connectivity index is 1.73. The van der Waals surface area contributed by atoms with E-state index in [4.69, 9.17) is 0 Å². The number of carbonyl (C=O) groups excluding carboxylic acids is 1. The molecule has 5 nitrogen and oxygen atoms in total. The average molecular weight is 418 g/mol. The number of halogens is 3. The Morgan fingerprint density at radius 1 is 1.10 bits per heavy atom. The van der Waals surface area contributed by atoms with E-state index in [1.54, 1.807) is 10.6 Å². The number of allylic oxidation sites excluding steroid dienone is 1. The molecular weight excluding hydrogens is 401 g/mol. The summed E-state index contributed by atoms with van der Waals surface area (Å²) < 4.78 is 41.0. The molecule has 1 aromatic heterocycles. The SMILES string of the molecule is C=CCn1c(SCC(=O)Nc2ccccc2C(F)(F)F)nnc1-c1ccccc1.